The Labute approximate surface area is 117 Å². The van der Waals surface area contributed by atoms with E-state index in [2.05, 4.69) is 31.2 Å². The van der Waals surface area contributed by atoms with E-state index in [1.807, 2.05) is 0 Å². The van der Waals surface area contributed by atoms with Crippen LogP contribution in [0.3, 0.4) is 0 Å². The van der Waals surface area contributed by atoms with Gasteiger partial charge < -0.3 is 10.1 Å². The molecule has 0 aliphatic heterocycles. The number of halogens is 3. The van der Waals surface area contributed by atoms with Crippen molar-refractivity contribution in [1.29, 1.82) is 0 Å². The highest BCUT2D eigenvalue weighted by molar-refractivity contribution is 9.10. The highest BCUT2D eigenvalue weighted by Gasteiger charge is 2.13. The number of hydrogen-bond donors (Lipinski definition) is 1. The maximum Gasteiger partial charge on any atom is 0.258 e. The molecule has 19 heavy (non-hydrogen) atoms. The maximum atomic E-state index is 13.6. The van der Waals surface area contributed by atoms with Gasteiger partial charge in [-0.25, -0.2) is 8.78 Å². The summed E-state index contributed by atoms with van der Waals surface area (Å²) in [6, 6.07) is 2.33. The van der Waals surface area contributed by atoms with Gasteiger partial charge in [0.1, 0.15) is 5.75 Å². The second-order valence-electron chi connectivity index (χ2n) is 3.58. The van der Waals surface area contributed by atoms with E-state index in [1.54, 1.807) is 19.2 Å². The van der Waals surface area contributed by atoms with Crippen molar-refractivity contribution in [3.8, 4) is 11.6 Å². The lowest BCUT2D eigenvalue weighted by atomic mass is 10.4. The molecule has 0 amide bonds. The standard InChI is InChI=1S/C12H10BrF2N3O/c1-2-17-11-9(14)4-10(15)12(18-11)19-8-3-7(13)5-16-6-8/h3-6H,2H2,1H3,(H,17,18). The molecule has 0 radical (unpaired) electrons. The summed E-state index contributed by atoms with van der Waals surface area (Å²) in [5, 5.41) is 2.68. The smallest absolute Gasteiger partial charge is 0.258 e. The Morgan fingerprint density at radius 2 is 2.05 bits per heavy atom. The minimum atomic E-state index is -0.876. The normalized spacial score (nSPS) is 10.3. The molecule has 4 nitrogen and oxygen atoms in total. The predicted molar refractivity (Wildman–Crippen MR) is 70.3 cm³/mol. The summed E-state index contributed by atoms with van der Waals surface area (Å²) in [4.78, 5) is 7.63. The van der Waals surface area contributed by atoms with Crippen LogP contribution in [-0.2, 0) is 0 Å². The molecule has 0 spiro atoms. The zero-order valence-corrected chi connectivity index (χ0v) is 11.5. The lowest BCUT2D eigenvalue weighted by Crippen LogP contribution is -2.04. The zero-order valence-electron chi connectivity index (χ0n) is 9.95. The molecule has 0 saturated carbocycles. The van der Waals surface area contributed by atoms with E-state index in [9.17, 15) is 8.78 Å². The van der Waals surface area contributed by atoms with E-state index in [0.29, 0.717) is 16.8 Å². The van der Waals surface area contributed by atoms with Gasteiger partial charge in [0.05, 0.1) is 6.20 Å². The fourth-order valence-corrected chi connectivity index (χ4v) is 1.72. The number of nitrogens with one attached hydrogen (secondary N) is 1. The van der Waals surface area contributed by atoms with Crippen LogP contribution in [0.5, 0.6) is 11.6 Å². The molecule has 0 aliphatic carbocycles. The molecule has 2 rings (SSSR count). The first-order valence-corrected chi connectivity index (χ1v) is 6.27. The molecule has 0 fully saturated rings. The first kappa shape index (κ1) is 13.7. The minimum Gasteiger partial charge on any atom is -0.435 e. The molecular formula is C12H10BrF2N3O. The monoisotopic (exact) mass is 329 g/mol. The van der Waals surface area contributed by atoms with E-state index in [0.717, 1.165) is 6.07 Å². The summed E-state index contributed by atoms with van der Waals surface area (Å²) in [5.41, 5.74) is 0. The number of anilines is 1. The Balaban J connectivity index is 2.31. The fraction of sp³-hybridized carbons (Fsp3) is 0.167. The number of nitrogens with zero attached hydrogens (tertiary/aromatic N) is 2. The predicted octanol–water partition coefficient (Wildman–Crippen LogP) is 3.74. The van der Waals surface area contributed by atoms with Crippen LogP contribution in [-0.4, -0.2) is 16.5 Å². The van der Waals surface area contributed by atoms with Crippen molar-refractivity contribution in [1.82, 2.24) is 9.97 Å². The minimum absolute atomic E-state index is 0.0538. The fourth-order valence-electron chi connectivity index (χ4n) is 1.37. The lowest BCUT2D eigenvalue weighted by molar-refractivity contribution is 0.416. The Hall–Kier alpha value is -1.76. The van der Waals surface area contributed by atoms with Crippen molar-refractivity contribution in [3.63, 3.8) is 0 Å². The van der Waals surface area contributed by atoms with Crippen LogP contribution in [0.15, 0.2) is 29.0 Å². The molecule has 0 aromatic carbocycles. The van der Waals surface area contributed by atoms with E-state index in [-0.39, 0.29) is 11.7 Å². The van der Waals surface area contributed by atoms with Crippen molar-refractivity contribution >= 4 is 21.7 Å². The number of hydrogen-bond acceptors (Lipinski definition) is 4. The van der Waals surface area contributed by atoms with Gasteiger partial charge in [-0.2, -0.15) is 4.98 Å². The number of rotatable bonds is 4. The molecule has 7 heteroatoms. The first-order valence-electron chi connectivity index (χ1n) is 5.48. The molecule has 2 heterocycles. The maximum absolute atomic E-state index is 13.6. The van der Waals surface area contributed by atoms with Gasteiger partial charge in [0.2, 0.25) is 0 Å². The van der Waals surface area contributed by atoms with Crippen molar-refractivity contribution < 1.29 is 13.5 Å². The van der Waals surface area contributed by atoms with Gasteiger partial charge in [0.15, 0.2) is 17.5 Å². The number of ether oxygens (including phenoxy) is 1. The van der Waals surface area contributed by atoms with Gasteiger partial charge in [0, 0.05) is 23.3 Å². The summed E-state index contributed by atoms with van der Waals surface area (Å²) in [6.07, 6.45) is 2.97. The average molecular weight is 330 g/mol. The third-order valence-corrected chi connectivity index (χ3v) is 2.57. The van der Waals surface area contributed by atoms with Crippen molar-refractivity contribution in [2.75, 3.05) is 11.9 Å². The van der Waals surface area contributed by atoms with Crippen molar-refractivity contribution in [2.24, 2.45) is 0 Å². The van der Waals surface area contributed by atoms with Gasteiger partial charge in [-0.1, -0.05) is 0 Å². The largest absolute Gasteiger partial charge is 0.435 e. The molecule has 0 saturated heterocycles. The lowest BCUT2D eigenvalue weighted by Gasteiger charge is -2.09. The van der Waals surface area contributed by atoms with Crippen LogP contribution in [0.2, 0.25) is 0 Å². The summed E-state index contributed by atoms with van der Waals surface area (Å²) >= 11 is 3.22. The molecule has 2 aromatic heterocycles. The van der Waals surface area contributed by atoms with Crippen LogP contribution in [0.1, 0.15) is 6.92 Å². The number of aromatic nitrogens is 2. The van der Waals surface area contributed by atoms with Gasteiger partial charge in [0.25, 0.3) is 5.88 Å². The molecule has 0 aliphatic rings. The van der Waals surface area contributed by atoms with Crippen molar-refractivity contribution in [2.45, 2.75) is 6.92 Å². The van der Waals surface area contributed by atoms with E-state index in [4.69, 9.17) is 4.74 Å². The summed E-state index contributed by atoms with van der Waals surface area (Å²) < 4.78 is 32.9. The first-order chi connectivity index (χ1) is 9.10. The topological polar surface area (TPSA) is 47.0 Å². The van der Waals surface area contributed by atoms with E-state index >= 15 is 0 Å². The molecule has 2 aromatic rings. The number of pyridine rings is 2. The molecule has 0 unspecified atom stereocenters. The van der Waals surface area contributed by atoms with Gasteiger partial charge in [-0.15, -0.1) is 0 Å². The molecule has 100 valence electrons. The average Bonchev–Trinajstić information content (AvgIpc) is 2.35. The van der Waals surface area contributed by atoms with Crippen molar-refractivity contribution in [3.05, 3.63) is 40.6 Å². The quantitative estimate of drug-likeness (QED) is 0.928. The highest BCUT2D eigenvalue weighted by atomic mass is 79.9. The van der Waals surface area contributed by atoms with Crippen LogP contribution >= 0.6 is 15.9 Å². The second kappa shape index (κ2) is 5.92. The van der Waals surface area contributed by atoms with Gasteiger partial charge in [-0.3, -0.25) is 4.98 Å². The molecular weight excluding hydrogens is 320 g/mol. The van der Waals surface area contributed by atoms with Gasteiger partial charge in [-0.05, 0) is 28.9 Å². The molecule has 0 bridgehead atoms. The summed E-state index contributed by atoms with van der Waals surface area (Å²) in [5.74, 6) is -1.70. The van der Waals surface area contributed by atoms with Crippen LogP contribution in [0, 0.1) is 11.6 Å². The van der Waals surface area contributed by atoms with E-state index in [1.165, 1.54) is 6.20 Å². The van der Waals surface area contributed by atoms with Crippen LogP contribution in [0.25, 0.3) is 0 Å². The summed E-state index contributed by atoms with van der Waals surface area (Å²) in [6.45, 7) is 2.25. The Kier molecular flexibility index (Phi) is 4.26. The van der Waals surface area contributed by atoms with Crippen LogP contribution in [0.4, 0.5) is 14.6 Å². The van der Waals surface area contributed by atoms with E-state index < -0.39 is 11.6 Å². The second-order valence-corrected chi connectivity index (χ2v) is 4.49. The third kappa shape index (κ3) is 3.37. The zero-order chi connectivity index (χ0) is 13.8. The Morgan fingerprint density at radius 1 is 1.26 bits per heavy atom. The SMILES string of the molecule is CCNc1nc(Oc2cncc(Br)c2)c(F)cc1F. The Bertz CT molecular complexity index is 595. The van der Waals surface area contributed by atoms with Crippen LogP contribution < -0.4 is 10.1 Å². The molecule has 0 atom stereocenters. The molecule has 1 N–H and O–H groups in total. The highest BCUT2D eigenvalue weighted by Crippen LogP contribution is 2.26. The summed E-state index contributed by atoms with van der Waals surface area (Å²) in [7, 11) is 0. The Morgan fingerprint density at radius 3 is 2.74 bits per heavy atom. The van der Waals surface area contributed by atoms with Gasteiger partial charge >= 0.3 is 0 Å². The third-order valence-electron chi connectivity index (χ3n) is 2.14.